The van der Waals surface area contributed by atoms with Crippen LogP contribution in [-0.4, -0.2) is 14.5 Å². The summed E-state index contributed by atoms with van der Waals surface area (Å²) in [5, 5.41) is 1.07. The van der Waals surface area contributed by atoms with Crippen LogP contribution in [0.5, 0.6) is 5.75 Å². The van der Waals surface area contributed by atoms with Gasteiger partial charge in [-0.1, -0.05) is 51.1 Å². The molecule has 4 aromatic rings. The summed E-state index contributed by atoms with van der Waals surface area (Å²) in [5.41, 5.74) is 4.02. The monoisotopic (exact) mass is 345 g/mol. The zero-order chi connectivity index (χ0) is 18.3. The fourth-order valence-electron chi connectivity index (χ4n) is 3.44. The van der Waals surface area contributed by atoms with Crippen LogP contribution in [0, 0.1) is 0 Å². The summed E-state index contributed by atoms with van der Waals surface area (Å²) in [5.74, 6) is 1.83. The molecule has 0 amide bonds. The third-order valence-electron chi connectivity index (χ3n) is 4.59. The molecular formula is C22H23N3O. The molecule has 26 heavy (non-hydrogen) atoms. The predicted octanol–water partition coefficient (Wildman–Crippen LogP) is 5.00. The van der Waals surface area contributed by atoms with Gasteiger partial charge >= 0.3 is 0 Å². The van der Waals surface area contributed by atoms with Crippen molar-refractivity contribution >= 4 is 21.9 Å². The predicted molar refractivity (Wildman–Crippen MR) is 105 cm³/mol. The highest BCUT2D eigenvalue weighted by atomic mass is 16.5. The Hall–Kier alpha value is -2.88. The minimum Gasteiger partial charge on any atom is -0.487 e. The second-order valence-electron chi connectivity index (χ2n) is 7.66. The van der Waals surface area contributed by atoms with Gasteiger partial charge in [0.05, 0.1) is 11.0 Å². The molecule has 0 spiro atoms. The molecule has 0 bridgehead atoms. The molecule has 0 saturated carbocycles. The Bertz CT molecular complexity index is 1080. The van der Waals surface area contributed by atoms with E-state index < -0.39 is 0 Å². The minimum absolute atomic E-state index is 0.0344. The third-order valence-corrected chi connectivity index (χ3v) is 4.59. The number of hydrogen-bond acceptors (Lipinski definition) is 3. The van der Waals surface area contributed by atoms with Crippen LogP contribution in [-0.2, 0) is 19.1 Å². The topological polar surface area (TPSA) is 39.9 Å². The lowest BCUT2D eigenvalue weighted by atomic mass is 9.96. The van der Waals surface area contributed by atoms with Gasteiger partial charge in [-0.2, -0.15) is 0 Å². The van der Waals surface area contributed by atoms with Crippen molar-refractivity contribution in [2.24, 2.45) is 7.05 Å². The summed E-state index contributed by atoms with van der Waals surface area (Å²) < 4.78 is 8.32. The molecule has 4 heteroatoms. The molecule has 2 aromatic carbocycles. The highest BCUT2D eigenvalue weighted by Crippen LogP contribution is 2.34. The summed E-state index contributed by atoms with van der Waals surface area (Å²) in [6.45, 7) is 7.06. The number of fused-ring (bicyclic) bond motifs is 3. The molecular weight excluding hydrogens is 322 g/mol. The Morgan fingerprint density at radius 1 is 1.04 bits per heavy atom. The number of hydrogen-bond donors (Lipinski definition) is 0. The molecule has 0 unspecified atom stereocenters. The van der Waals surface area contributed by atoms with Crippen molar-refractivity contribution in [3.05, 3.63) is 66.1 Å². The second kappa shape index (κ2) is 6.13. The molecule has 0 aliphatic heterocycles. The van der Waals surface area contributed by atoms with Crippen LogP contribution in [0.15, 0.2) is 54.7 Å². The molecule has 0 N–H and O–H groups in total. The number of ether oxygens (including phenoxy) is 1. The van der Waals surface area contributed by atoms with Crippen molar-refractivity contribution in [2.75, 3.05) is 0 Å². The molecule has 0 atom stereocenters. The lowest BCUT2D eigenvalue weighted by molar-refractivity contribution is 0.310. The van der Waals surface area contributed by atoms with E-state index in [0.717, 1.165) is 39.1 Å². The smallest absolute Gasteiger partial charge is 0.148 e. The number of nitrogens with zero attached hydrogens (tertiary/aromatic N) is 3. The summed E-state index contributed by atoms with van der Waals surface area (Å²) in [4.78, 5) is 9.49. The largest absolute Gasteiger partial charge is 0.487 e. The van der Waals surface area contributed by atoms with Gasteiger partial charge < -0.3 is 9.30 Å². The molecule has 0 aliphatic rings. The van der Waals surface area contributed by atoms with Gasteiger partial charge in [-0.15, -0.1) is 0 Å². The van der Waals surface area contributed by atoms with Gasteiger partial charge in [0, 0.05) is 30.1 Å². The van der Waals surface area contributed by atoms with Crippen LogP contribution in [0.2, 0.25) is 0 Å². The van der Waals surface area contributed by atoms with Crippen molar-refractivity contribution in [1.29, 1.82) is 0 Å². The van der Waals surface area contributed by atoms with E-state index in [1.807, 2.05) is 36.5 Å². The van der Waals surface area contributed by atoms with E-state index in [4.69, 9.17) is 9.72 Å². The molecule has 0 radical (unpaired) electrons. The first-order valence-corrected chi connectivity index (χ1v) is 8.86. The standard InChI is InChI=1S/C22H23N3O/c1-22(2,3)21-24-17-13-18(26-14-15-9-6-5-7-10-15)19-16(11-8-12-23-19)20(17)25(21)4/h5-13H,14H2,1-4H3. The Balaban J connectivity index is 1.87. The number of rotatable bonds is 3. The number of imidazole rings is 1. The zero-order valence-corrected chi connectivity index (χ0v) is 15.7. The van der Waals surface area contributed by atoms with Gasteiger partial charge in [0.1, 0.15) is 23.7 Å². The van der Waals surface area contributed by atoms with Crippen molar-refractivity contribution in [3.8, 4) is 5.75 Å². The molecule has 4 rings (SSSR count). The summed E-state index contributed by atoms with van der Waals surface area (Å²) in [6, 6.07) is 16.2. The number of benzene rings is 2. The van der Waals surface area contributed by atoms with Crippen molar-refractivity contribution in [1.82, 2.24) is 14.5 Å². The maximum atomic E-state index is 6.14. The first kappa shape index (κ1) is 16.6. The summed E-state index contributed by atoms with van der Waals surface area (Å²) >= 11 is 0. The van der Waals surface area contributed by atoms with Crippen molar-refractivity contribution in [2.45, 2.75) is 32.8 Å². The van der Waals surface area contributed by atoms with Crippen LogP contribution in [0.4, 0.5) is 0 Å². The van der Waals surface area contributed by atoms with E-state index >= 15 is 0 Å². The van der Waals surface area contributed by atoms with Crippen molar-refractivity contribution < 1.29 is 4.74 Å². The van der Waals surface area contributed by atoms with Crippen LogP contribution < -0.4 is 4.74 Å². The van der Waals surface area contributed by atoms with Crippen LogP contribution in [0.1, 0.15) is 32.2 Å². The highest BCUT2D eigenvalue weighted by molar-refractivity contribution is 6.06. The van der Waals surface area contributed by atoms with E-state index in [9.17, 15) is 0 Å². The normalized spacial score (nSPS) is 12.0. The molecule has 0 fully saturated rings. The average molecular weight is 345 g/mol. The fraction of sp³-hybridized carbons (Fsp3) is 0.273. The Kier molecular flexibility index (Phi) is 3.91. The zero-order valence-electron chi connectivity index (χ0n) is 15.7. The SMILES string of the molecule is Cn1c(C(C)(C)C)nc2cc(OCc3ccccc3)c3ncccc3c21. The van der Waals surface area contributed by atoms with E-state index in [0.29, 0.717) is 6.61 Å². The quantitative estimate of drug-likeness (QED) is 0.525. The lowest BCUT2D eigenvalue weighted by Gasteiger charge is -2.17. The van der Waals surface area contributed by atoms with E-state index in [1.165, 1.54) is 0 Å². The first-order chi connectivity index (χ1) is 12.4. The number of aryl methyl sites for hydroxylation is 1. The minimum atomic E-state index is -0.0344. The van der Waals surface area contributed by atoms with Gasteiger partial charge in [0.2, 0.25) is 0 Å². The lowest BCUT2D eigenvalue weighted by Crippen LogP contribution is -2.17. The van der Waals surface area contributed by atoms with Gasteiger partial charge in [-0.25, -0.2) is 4.98 Å². The average Bonchev–Trinajstić information content (AvgIpc) is 2.98. The Labute approximate surface area is 153 Å². The molecule has 2 heterocycles. The third kappa shape index (κ3) is 2.81. The van der Waals surface area contributed by atoms with Gasteiger partial charge in [0.25, 0.3) is 0 Å². The summed E-state index contributed by atoms with van der Waals surface area (Å²) in [7, 11) is 2.08. The molecule has 132 valence electrons. The maximum Gasteiger partial charge on any atom is 0.148 e. The molecule has 2 aromatic heterocycles. The van der Waals surface area contributed by atoms with E-state index in [1.54, 1.807) is 0 Å². The number of aromatic nitrogens is 3. The molecule has 0 aliphatic carbocycles. The number of pyridine rings is 1. The molecule has 0 saturated heterocycles. The highest BCUT2D eigenvalue weighted by Gasteiger charge is 2.23. The van der Waals surface area contributed by atoms with E-state index in [2.05, 4.69) is 55.6 Å². The first-order valence-electron chi connectivity index (χ1n) is 8.86. The Morgan fingerprint density at radius 2 is 1.81 bits per heavy atom. The summed E-state index contributed by atoms with van der Waals surface area (Å²) in [6.07, 6.45) is 1.81. The van der Waals surface area contributed by atoms with Crippen LogP contribution in [0.25, 0.3) is 21.9 Å². The molecule has 4 nitrogen and oxygen atoms in total. The van der Waals surface area contributed by atoms with Gasteiger partial charge in [0.15, 0.2) is 0 Å². The van der Waals surface area contributed by atoms with Gasteiger partial charge in [-0.3, -0.25) is 4.98 Å². The van der Waals surface area contributed by atoms with Crippen LogP contribution >= 0.6 is 0 Å². The van der Waals surface area contributed by atoms with E-state index in [-0.39, 0.29) is 5.41 Å². The van der Waals surface area contributed by atoms with Crippen molar-refractivity contribution in [3.63, 3.8) is 0 Å². The second-order valence-corrected chi connectivity index (χ2v) is 7.66. The fourth-order valence-corrected chi connectivity index (χ4v) is 3.44. The van der Waals surface area contributed by atoms with Gasteiger partial charge in [-0.05, 0) is 17.7 Å². The van der Waals surface area contributed by atoms with Crippen LogP contribution in [0.3, 0.4) is 0 Å². The maximum absolute atomic E-state index is 6.14. The Morgan fingerprint density at radius 3 is 2.54 bits per heavy atom.